The van der Waals surface area contributed by atoms with E-state index in [1.54, 1.807) is 24.3 Å². The molecule has 0 spiro atoms. The fraction of sp³-hybridized carbons (Fsp3) is 0.286. The minimum atomic E-state index is -4.32. The van der Waals surface area contributed by atoms with Crippen molar-refractivity contribution in [1.29, 1.82) is 0 Å². The third kappa shape index (κ3) is 5.85. The van der Waals surface area contributed by atoms with Crippen LogP contribution in [-0.4, -0.2) is 23.3 Å². The normalized spacial score (nSPS) is 11.7. The van der Waals surface area contributed by atoms with Gasteiger partial charge in [0.25, 0.3) is 0 Å². The standard InChI is InChI=1S/C21H21F3N2O2/c22-21(23,24)15-28-14-17-7-5-16(6-8-17)13-25-20(27)10-12-26-11-9-18-3-1-2-4-19(18)26/h1-9,11H,10,12-15H2,(H,25,27). The minimum absolute atomic E-state index is 0.0598. The Hall–Kier alpha value is -2.80. The number of alkyl halides is 3. The zero-order chi connectivity index (χ0) is 20.0. The van der Waals surface area contributed by atoms with Crippen LogP contribution in [0.2, 0.25) is 0 Å². The van der Waals surface area contributed by atoms with Crippen LogP contribution in [0.15, 0.2) is 60.8 Å². The molecule has 148 valence electrons. The summed E-state index contributed by atoms with van der Waals surface area (Å²) in [4.78, 5) is 12.1. The molecule has 0 atom stereocenters. The lowest BCUT2D eigenvalue weighted by atomic mass is 10.1. The molecule has 28 heavy (non-hydrogen) atoms. The average Bonchev–Trinajstić information content (AvgIpc) is 3.08. The topological polar surface area (TPSA) is 43.3 Å². The van der Waals surface area contributed by atoms with E-state index in [9.17, 15) is 18.0 Å². The van der Waals surface area contributed by atoms with E-state index in [-0.39, 0.29) is 12.5 Å². The number of aromatic nitrogens is 1. The number of nitrogens with zero attached hydrogens (tertiary/aromatic N) is 1. The highest BCUT2D eigenvalue weighted by molar-refractivity contribution is 5.80. The predicted molar refractivity (Wildman–Crippen MR) is 101 cm³/mol. The lowest BCUT2D eigenvalue weighted by Crippen LogP contribution is -2.23. The summed E-state index contributed by atoms with van der Waals surface area (Å²) in [7, 11) is 0. The quantitative estimate of drug-likeness (QED) is 0.619. The fourth-order valence-electron chi connectivity index (χ4n) is 2.88. The van der Waals surface area contributed by atoms with E-state index < -0.39 is 12.8 Å². The van der Waals surface area contributed by atoms with Gasteiger partial charge in [-0.1, -0.05) is 42.5 Å². The third-order valence-corrected chi connectivity index (χ3v) is 4.31. The van der Waals surface area contributed by atoms with Crippen molar-refractivity contribution in [3.05, 3.63) is 71.9 Å². The summed E-state index contributed by atoms with van der Waals surface area (Å²) in [6.45, 7) is -0.401. The Morgan fingerprint density at radius 1 is 1.00 bits per heavy atom. The molecule has 1 amide bonds. The number of halogens is 3. The molecule has 0 saturated heterocycles. The number of nitrogens with one attached hydrogen (secondary N) is 1. The van der Waals surface area contributed by atoms with Gasteiger partial charge in [-0.3, -0.25) is 4.79 Å². The molecule has 0 aliphatic carbocycles. The number of amides is 1. The van der Waals surface area contributed by atoms with E-state index in [1.165, 1.54) is 0 Å². The molecule has 3 aromatic rings. The number of carbonyl (C=O) groups excluding carboxylic acids is 1. The fourth-order valence-corrected chi connectivity index (χ4v) is 2.88. The highest BCUT2D eigenvalue weighted by Crippen LogP contribution is 2.16. The zero-order valence-corrected chi connectivity index (χ0v) is 15.2. The first-order valence-electron chi connectivity index (χ1n) is 8.93. The number of benzene rings is 2. The van der Waals surface area contributed by atoms with Crippen molar-refractivity contribution in [1.82, 2.24) is 9.88 Å². The summed E-state index contributed by atoms with van der Waals surface area (Å²) in [6, 6.07) is 17.0. The van der Waals surface area contributed by atoms with Crippen molar-refractivity contribution in [2.45, 2.75) is 32.3 Å². The molecule has 0 aliphatic rings. The van der Waals surface area contributed by atoms with Crippen LogP contribution in [0.3, 0.4) is 0 Å². The number of fused-ring (bicyclic) bond motifs is 1. The zero-order valence-electron chi connectivity index (χ0n) is 15.2. The monoisotopic (exact) mass is 390 g/mol. The molecular formula is C21H21F3N2O2. The van der Waals surface area contributed by atoms with Crippen molar-refractivity contribution in [3.8, 4) is 0 Å². The number of ether oxygens (including phenoxy) is 1. The van der Waals surface area contributed by atoms with E-state index in [2.05, 4.69) is 10.1 Å². The van der Waals surface area contributed by atoms with Crippen LogP contribution in [0.1, 0.15) is 17.5 Å². The Labute approximate surface area is 160 Å². The van der Waals surface area contributed by atoms with Crippen molar-refractivity contribution in [3.63, 3.8) is 0 Å². The van der Waals surface area contributed by atoms with Gasteiger partial charge in [0, 0.05) is 31.2 Å². The van der Waals surface area contributed by atoms with Crippen LogP contribution in [0.4, 0.5) is 13.2 Å². The maximum Gasteiger partial charge on any atom is 0.411 e. The van der Waals surface area contributed by atoms with Gasteiger partial charge in [0.1, 0.15) is 6.61 Å². The molecule has 1 aromatic heterocycles. The van der Waals surface area contributed by atoms with Crippen molar-refractivity contribution in [2.24, 2.45) is 0 Å². The smallest absolute Gasteiger partial charge is 0.367 e. The number of para-hydroxylation sites is 1. The van der Waals surface area contributed by atoms with Crippen LogP contribution in [-0.2, 0) is 29.2 Å². The number of hydrogen-bond donors (Lipinski definition) is 1. The predicted octanol–water partition coefficient (Wildman–Crippen LogP) is 4.43. The summed E-state index contributed by atoms with van der Waals surface area (Å²) < 4.78 is 42.9. The Balaban J connectivity index is 1.42. The molecular weight excluding hydrogens is 369 g/mol. The summed E-state index contributed by atoms with van der Waals surface area (Å²) in [5.74, 6) is -0.0598. The molecule has 0 saturated carbocycles. The Morgan fingerprint density at radius 3 is 2.46 bits per heavy atom. The summed E-state index contributed by atoms with van der Waals surface area (Å²) >= 11 is 0. The van der Waals surface area contributed by atoms with Crippen LogP contribution >= 0.6 is 0 Å². The molecule has 0 unspecified atom stereocenters. The van der Waals surface area contributed by atoms with Gasteiger partial charge in [-0.2, -0.15) is 13.2 Å². The van der Waals surface area contributed by atoms with Crippen molar-refractivity contribution < 1.29 is 22.7 Å². The highest BCUT2D eigenvalue weighted by atomic mass is 19.4. The van der Waals surface area contributed by atoms with Crippen LogP contribution in [0.5, 0.6) is 0 Å². The van der Waals surface area contributed by atoms with Gasteiger partial charge >= 0.3 is 6.18 Å². The van der Waals surface area contributed by atoms with Crippen molar-refractivity contribution in [2.75, 3.05) is 6.61 Å². The number of aryl methyl sites for hydroxylation is 1. The van der Waals surface area contributed by atoms with Crippen LogP contribution in [0, 0.1) is 0 Å². The van der Waals surface area contributed by atoms with E-state index in [1.807, 2.05) is 41.1 Å². The summed E-state index contributed by atoms with van der Waals surface area (Å²) in [5, 5.41) is 4.00. The number of rotatable bonds is 8. The maximum atomic E-state index is 12.1. The molecule has 2 aromatic carbocycles. The first-order valence-corrected chi connectivity index (χ1v) is 8.93. The second-order valence-corrected chi connectivity index (χ2v) is 6.52. The van der Waals surface area contributed by atoms with E-state index in [4.69, 9.17) is 0 Å². The SMILES string of the molecule is O=C(CCn1ccc2ccccc21)NCc1ccc(COCC(F)(F)F)cc1. The van der Waals surface area contributed by atoms with Crippen LogP contribution < -0.4 is 5.32 Å². The van der Waals surface area contributed by atoms with Gasteiger partial charge < -0.3 is 14.6 Å². The molecule has 0 fully saturated rings. The first kappa shape index (κ1) is 19.9. The van der Waals surface area contributed by atoms with E-state index >= 15 is 0 Å². The maximum absolute atomic E-state index is 12.1. The second kappa shape index (κ2) is 8.93. The van der Waals surface area contributed by atoms with Gasteiger partial charge in [0.2, 0.25) is 5.91 Å². The molecule has 3 rings (SSSR count). The Bertz CT molecular complexity index is 917. The molecule has 0 bridgehead atoms. The first-order chi connectivity index (χ1) is 13.4. The lowest BCUT2D eigenvalue weighted by molar-refractivity contribution is -0.176. The third-order valence-electron chi connectivity index (χ3n) is 4.31. The van der Waals surface area contributed by atoms with E-state index in [0.29, 0.717) is 25.1 Å². The highest BCUT2D eigenvalue weighted by Gasteiger charge is 2.27. The van der Waals surface area contributed by atoms with Gasteiger partial charge in [-0.15, -0.1) is 0 Å². The Morgan fingerprint density at radius 2 is 1.71 bits per heavy atom. The summed E-state index contributed by atoms with van der Waals surface area (Å²) in [5.41, 5.74) is 2.62. The van der Waals surface area contributed by atoms with Gasteiger partial charge in [0.15, 0.2) is 0 Å². The number of hydrogen-bond acceptors (Lipinski definition) is 2. The molecule has 0 aliphatic heterocycles. The molecule has 4 nitrogen and oxygen atoms in total. The van der Waals surface area contributed by atoms with Crippen molar-refractivity contribution >= 4 is 16.8 Å². The Kier molecular flexibility index (Phi) is 6.36. The molecule has 1 N–H and O–H groups in total. The lowest BCUT2D eigenvalue weighted by Gasteiger charge is -2.09. The minimum Gasteiger partial charge on any atom is -0.367 e. The second-order valence-electron chi connectivity index (χ2n) is 6.52. The average molecular weight is 390 g/mol. The van der Waals surface area contributed by atoms with Gasteiger partial charge in [0.05, 0.1) is 6.61 Å². The molecule has 1 heterocycles. The van der Waals surface area contributed by atoms with E-state index in [0.717, 1.165) is 16.5 Å². The molecule has 7 heteroatoms. The summed E-state index contributed by atoms with van der Waals surface area (Å²) in [6.07, 6.45) is -1.99. The molecule has 0 radical (unpaired) electrons. The van der Waals surface area contributed by atoms with Crippen LogP contribution in [0.25, 0.3) is 10.9 Å². The number of carbonyl (C=O) groups is 1. The van der Waals surface area contributed by atoms with Gasteiger partial charge in [-0.25, -0.2) is 0 Å². The van der Waals surface area contributed by atoms with Gasteiger partial charge in [-0.05, 0) is 28.6 Å². The largest absolute Gasteiger partial charge is 0.411 e.